The number of nitrogens with zero attached hydrogens (tertiary/aromatic N) is 2. The smallest absolute Gasteiger partial charge is 0.248 e. The number of H-pyrrole nitrogens is 1. The number of halogens is 1. The predicted octanol–water partition coefficient (Wildman–Crippen LogP) is 2.79. The van der Waals surface area contributed by atoms with E-state index in [1.54, 1.807) is 17.9 Å². The summed E-state index contributed by atoms with van der Waals surface area (Å²) in [7, 11) is 1.79. The Morgan fingerprint density at radius 1 is 1.24 bits per heavy atom. The topological polar surface area (TPSA) is 76.7 Å². The highest BCUT2D eigenvalue weighted by atomic mass is 79.9. The third-order valence-corrected chi connectivity index (χ3v) is 3.75. The second-order valence-electron chi connectivity index (χ2n) is 4.68. The van der Waals surface area contributed by atoms with Crippen LogP contribution in [-0.2, 0) is 7.05 Å². The van der Waals surface area contributed by atoms with E-state index in [2.05, 4.69) is 26.0 Å². The normalized spacial score (nSPS) is 10.8. The number of aromatic nitrogens is 3. The Morgan fingerprint density at radius 3 is 2.76 bits per heavy atom. The molecule has 21 heavy (non-hydrogen) atoms. The summed E-state index contributed by atoms with van der Waals surface area (Å²) in [5.74, 6) is 0.559. The number of anilines is 1. The van der Waals surface area contributed by atoms with Crippen LogP contribution in [0.1, 0.15) is 0 Å². The van der Waals surface area contributed by atoms with Gasteiger partial charge in [-0.3, -0.25) is 9.48 Å². The van der Waals surface area contributed by atoms with Crippen molar-refractivity contribution in [1.82, 2.24) is 14.8 Å². The maximum Gasteiger partial charge on any atom is 0.248 e. The molecule has 0 fully saturated rings. The van der Waals surface area contributed by atoms with E-state index >= 15 is 0 Å². The molecule has 0 bridgehead atoms. The third-order valence-electron chi connectivity index (χ3n) is 3.25. The Bertz CT molecular complexity index is 866. The number of rotatable bonds is 2. The minimum atomic E-state index is -0.170. The number of hydrogen-bond acceptors (Lipinski definition) is 3. The van der Waals surface area contributed by atoms with Crippen molar-refractivity contribution < 1.29 is 0 Å². The van der Waals surface area contributed by atoms with E-state index in [1.807, 2.05) is 30.3 Å². The van der Waals surface area contributed by atoms with Crippen LogP contribution in [0, 0.1) is 0 Å². The number of nitrogens with two attached hydrogens (primary N) is 1. The zero-order valence-electron chi connectivity index (χ0n) is 11.3. The molecule has 0 saturated carbocycles. The first-order valence-electron chi connectivity index (χ1n) is 6.34. The van der Waals surface area contributed by atoms with Gasteiger partial charge in [-0.1, -0.05) is 28.1 Å². The van der Waals surface area contributed by atoms with Gasteiger partial charge in [0.25, 0.3) is 0 Å². The molecule has 0 spiro atoms. The van der Waals surface area contributed by atoms with Crippen LogP contribution in [0.3, 0.4) is 0 Å². The number of nitrogen functional groups attached to an aromatic ring is 1. The number of pyridine rings is 1. The number of nitrogens with one attached hydrogen (secondary N) is 1. The van der Waals surface area contributed by atoms with Crippen LogP contribution in [-0.4, -0.2) is 14.8 Å². The minimum absolute atomic E-state index is 0.170. The van der Waals surface area contributed by atoms with Gasteiger partial charge in [0.05, 0.1) is 5.56 Å². The average Bonchev–Trinajstić information content (AvgIpc) is 2.75. The van der Waals surface area contributed by atoms with E-state index in [4.69, 9.17) is 5.73 Å². The van der Waals surface area contributed by atoms with Crippen molar-refractivity contribution in [2.75, 3.05) is 5.73 Å². The van der Waals surface area contributed by atoms with E-state index in [0.717, 1.165) is 21.2 Å². The van der Waals surface area contributed by atoms with Crippen molar-refractivity contribution >= 4 is 21.7 Å². The summed E-state index contributed by atoms with van der Waals surface area (Å²) in [5.41, 5.74) is 9.19. The quantitative estimate of drug-likeness (QED) is 0.750. The monoisotopic (exact) mass is 344 g/mol. The van der Waals surface area contributed by atoms with Gasteiger partial charge < -0.3 is 10.7 Å². The molecule has 0 saturated heterocycles. The van der Waals surface area contributed by atoms with Gasteiger partial charge in [-0.2, -0.15) is 5.10 Å². The van der Waals surface area contributed by atoms with Gasteiger partial charge in [0.15, 0.2) is 0 Å². The molecule has 0 atom stereocenters. The van der Waals surface area contributed by atoms with Gasteiger partial charge in [0.1, 0.15) is 11.5 Å². The van der Waals surface area contributed by atoms with Crippen molar-refractivity contribution in [2.45, 2.75) is 0 Å². The molecule has 106 valence electrons. The molecule has 3 N–H and O–H groups in total. The Morgan fingerprint density at radius 2 is 2.05 bits per heavy atom. The molecule has 0 amide bonds. The Kier molecular flexibility index (Phi) is 3.39. The van der Waals surface area contributed by atoms with Crippen LogP contribution >= 0.6 is 15.9 Å². The molecular formula is C15H13BrN4O. The predicted molar refractivity (Wildman–Crippen MR) is 86.8 cm³/mol. The highest BCUT2D eigenvalue weighted by Crippen LogP contribution is 2.36. The fourth-order valence-corrected chi connectivity index (χ4v) is 2.66. The van der Waals surface area contributed by atoms with Crippen LogP contribution in [0.2, 0.25) is 0 Å². The van der Waals surface area contributed by atoms with Gasteiger partial charge >= 0.3 is 0 Å². The van der Waals surface area contributed by atoms with E-state index in [1.165, 1.54) is 6.07 Å². The van der Waals surface area contributed by atoms with E-state index in [9.17, 15) is 4.79 Å². The van der Waals surface area contributed by atoms with Crippen LogP contribution in [0.15, 0.2) is 51.9 Å². The summed E-state index contributed by atoms with van der Waals surface area (Å²) in [6, 6.07) is 11.2. The molecule has 0 radical (unpaired) electrons. The zero-order valence-corrected chi connectivity index (χ0v) is 12.9. The molecular weight excluding hydrogens is 332 g/mol. The van der Waals surface area contributed by atoms with Crippen molar-refractivity contribution in [1.29, 1.82) is 0 Å². The lowest BCUT2D eigenvalue weighted by molar-refractivity contribution is 0.782. The summed E-state index contributed by atoms with van der Waals surface area (Å²) in [5, 5.41) is 4.45. The first-order valence-corrected chi connectivity index (χ1v) is 7.13. The third kappa shape index (κ3) is 2.50. The van der Waals surface area contributed by atoms with Gasteiger partial charge in [0.2, 0.25) is 5.56 Å². The Labute approximate surface area is 129 Å². The maximum absolute atomic E-state index is 11.5. The number of aryl methyl sites for hydroxylation is 1. The summed E-state index contributed by atoms with van der Waals surface area (Å²) in [6.07, 6.45) is 1.60. The van der Waals surface area contributed by atoms with Crippen molar-refractivity contribution in [2.24, 2.45) is 7.05 Å². The van der Waals surface area contributed by atoms with Crippen molar-refractivity contribution in [3.05, 3.63) is 57.4 Å². The molecule has 3 aromatic rings. The lowest BCUT2D eigenvalue weighted by atomic mass is 10.0. The van der Waals surface area contributed by atoms with Gasteiger partial charge in [-0.15, -0.1) is 0 Å². The lowest BCUT2D eigenvalue weighted by Crippen LogP contribution is -2.02. The van der Waals surface area contributed by atoms with Gasteiger partial charge in [0, 0.05) is 29.3 Å². The van der Waals surface area contributed by atoms with E-state index < -0.39 is 0 Å². The SMILES string of the molecule is Cn1nc(-c2cc[nH]c(=O)c2)c(-c2cccc(Br)c2)c1N. The first kappa shape index (κ1) is 13.6. The average molecular weight is 345 g/mol. The van der Waals surface area contributed by atoms with Crippen LogP contribution < -0.4 is 11.3 Å². The minimum Gasteiger partial charge on any atom is -0.383 e. The van der Waals surface area contributed by atoms with Crippen molar-refractivity contribution in [3.63, 3.8) is 0 Å². The molecule has 0 aliphatic rings. The van der Waals surface area contributed by atoms with Gasteiger partial charge in [-0.25, -0.2) is 0 Å². The molecule has 0 aliphatic heterocycles. The van der Waals surface area contributed by atoms with E-state index in [0.29, 0.717) is 11.5 Å². The number of hydrogen-bond donors (Lipinski definition) is 2. The molecule has 0 unspecified atom stereocenters. The second kappa shape index (κ2) is 5.21. The first-order chi connectivity index (χ1) is 10.1. The Balaban J connectivity index is 2.28. The highest BCUT2D eigenvalue weighted by Gasteiger charge is 2.17. The fourth-order valence-electron chi connectivity index (χ4n) is 2.26. The fraction of sp³-hybridized carbons (Fsp3) is 0.0667. The summed E-state index contributed by atoms with van der Waals surface area (Å²) in [4.78, 5) is 14.1. The summed E-state index contributed by atoms with van der Waals surface area (Å²) < 4.78 is 2.58. The van der Waals surface area contributed by atoms with E-state index in [-0.39, 0.29) is 5.56 Å². The molecule has 5 nitrogen and oxygen atoms in total. The second-order valence-corrected chi connectivity index (χ2v) is 5.60. The van der Waals surface area contributed by atoms with Crippen molar-refractivity contribution in [3.8, 4) is 22.4 Å². The molecule has 6 heteroatoms. The molecule has 0 aliphatic carbocycles. The van der Waals surface area contributed by atoms with Crippen LogP contribution in [0.25, 0.3) is 22.4 Å². The molecule has 2 heterocycles. The molecule has 3 rings (SSSR count). The largest absolute Gasteiger partial charge is 0.383 e. The standard InChI is InChI=1S/C15H13BrN4O/c1-20-15(17)13(9-3-2-4-11(16)7-9)14(19-20)10-5-6-18-12(21)8-10/h2-8H,17H2,1H3,(H,18,21). The number of aromatic amines is 1. The summed E-state index contributed by atoms with van der Waals surface area (Å²) in [6.45, 7) is 0. The van der Waals surface area contributed by atoms with Gasteiger partial charge in [-0.05, 0) is 23.8 Å². The zero-order chi connectivity index (χ0) is 15.0. The lowest BCUT2D eigenvalue weighted by Gasteiger charge is -2.05. The maximum atomic E-state index is 11.5. The number of benzene rings is 1. The highest BCUT2D eigenvalue weighted by molar-refractivity contribution is 9.10. The molecule has 2 aromatic heterocycles. The summed E-state index contributed by atoms with van der Waals surface area (Å²) >= 11 is 3.46. The molecule has 1 aromatic carbocycles. The van der Waals surface area contributed by atoms with Crippen LogP contribution in [0.4, 0.5) is 5.82 Å². The Hall–Kier alpha value is -2.34. The van der Waals surface area contributed by atoms with Crippen LogP contribution in [0.5, 0.6) is 0 Å².